The Morgan fingerprint density at radius 3 is 2.26 bits per heavy atom. The van der Waals surface area contributed by atoms with Crippen molar-refractivity contribution >= 4 is 26.5 Å². The molecule has 19 heavy (non-hydrogen) atoms. The molecule has 0 aliphatic carbocycles. The van der Waals surface area contributed by atoms with Gasteiger partial charge in [0, 0.05) is 6.26 Å². The first-order chi connectivity index (χ1) is 8.64. The van der Waals surface area contributed by atoms with Crippen LogP contribution in [0.25, 0.3) is 0 Å². The summed E-state index contributed by atoms with van der Waals surface area (Å²) in [5.74, 6) is -1.38. The number of benzene rings is 1. The maximum Gasteiger partial charge on any atom is 0.313 e. The zero-order chi connectivity index (χ0) is 14.8. The van der Waals surface area contributed by atoms with Crippen molar-refractivity contribution in [2.75, 3.05) is 6.26 Å². The molecule has 1 aromatic carbocycles. The number of hydrogen-bond donors (Lipinski definition) is 0. The van der Waals surface area contributed by atoms with Crippen LogP contribution in [0.15, 0.2) is 28.0 Å². The molecule has 0 bridgehead atoms. The van der Waals surface area contributed by atoms with Crippen molar-refractivity contribution in [3.05, 3.63) is 18.2 Å². The molecule has 6 nitrogen and oxygen atoms in total. The molecule has 0 heterocycles. The Bertz CT molecular complexity index is 662. The third kappa shape index (κ3) is 3.71. The van der Waals surface area contributed by atoms with E-state index in [-0.39, 0.29) is 5.75 Å². The van der Waals surface area contributed by atoms with Crippen molar-refractivity contribution in [3.63, 3.8) is 0 Å². The van der Waals surface area contributed by atoms with E-state index < -0.39 is 42.2 Å². The van der Waals surface area contributed by atoms with Gasteiger partial charge in [0.15, 0.2) is 15.6 Å². The first-order valence-corrected chi connectivity index (χ1v) is 8.25. The topological polar surface area (TPSA) is 94.6 Å². The van der Waals surface area contributed by atoms with E-state index in [9.17, 15) is 21.6 Å². The van der Waals surface area contributed by atoms with Crippen LogP contribution in [0.3, 0.4) is 0 Å². The average Bonchev–Trinajstić information content (AvgIpc) is 2.26. The summed E-state index contributed by atoms with van der Waals surface area (Å²) < 4.78 is 50.3. The second kappa shape index (κ2) is 5.62. The zero-order valence-corrected chi connectivity index (χ0v) is 12.2. The molecule has 0 N–H and O–H groups in total. The minimum atomic E-state index is -3.85. The molecule has 0 fully saturated rings. The van der Waals surface area contributed by atoms with Crippen LogP contribution >= 0.6 is 0 Å². The monoisotopic (exact) mass is 305 g/mol. The third-order valence-corrected chi connectivity index (χ3v) is 4.17. The summed E-state index contributed by atoms with van der Waals surface area (Å²) in [4.78, 5) is 10.6. The third-order valence-electron chi connectivity index (χ3n) is 2.18. The van der Waals surface area contributed by atoms with Gasteiger partial charge in [0.25, 0.3) is 0 Å². The smallest absolute Gasteiger partial charge is 0.313 e. The molecule has 1 radical (unpaired) electrons. The van der Waals surface area contributed by atoms with E-state index in [0.717, 1.165) is 12.3 Å². The number of carbonyl (C=O) groups excluding carboxylic acids is 1. The van der Waals surface area contributed by atoms with Crippen LogP contribution in [0.1, 0.15) is 13.8 Å². The van der Waals surface area contributed by atoms with Crippen LogP contribution in [-0.2, 0) is 25.3 Å². The highest BCUT2D eigenvalue weighted by Crippen LogP contribution is 2.29. The maximum atomic E-state index is 11.7. The van der Waals surface area contributed by atoms with E-state index in [1.54, 1.807) is 13.8 Å². The van der Waals surface area contributed by atoms with Gasteiger partial charge in [-0.1, -0.05) is 19.9 Å². The Kier molecular flexibility index (Phi) is 4.59. The first-order valence-electron chi connectivity index (χ1n) is 5.28. The van der Waals surface area contributed by atoms with Crippen LogP contribution in [0.2, 0.25) is 0 Å². The van der Waals surface area contributed by atoms with Gasteiger partial charge in [-0.25, -0.2) is 8.42 Å². The van der Waals surface area contributed by atoms with Gasteiger partial charge in [0.1, 0.15) is 9.79 Å². The van der Waals surface area contributed by atoms with E-state index in [1.165, 1.54) is 12.1 Å². The SMILES string of the molecule is CC(C)C(=O)Oc1cccc([S](=O)=O)c1S(C)(=O)=O. The van der Waals surface area contributed by atoms with Gasteiger partial charge in [-0.2, -0.15) is 8.42 Å². The molecule has 1 rings (SSSR count). The molecule has 0 atom stereocenters. The van der Waals surface area contributed by atoms with Gasteiger partial charge in [-0.15, -0.1) is 0 Å². The molecular weight excluding hydrogens is 292 g/mol. The van der Waals surface area contributed by atoms with Crippen LogP contribution in [0.4, 0.5) is 0 Å². The minimum absolute atomic E-state index is 0.275. The number of esters is 1. The second-order valence-electron chi connectivity index (χ2n) is 4.17. The lowest BCUT2D eigenvalue weighted by Gasteiger charge is -2.11. The van der Waals surface area contributed by atoms with Crippen molar-refractivity contribution in [1.82, 2.24) is 0 Å². The zero-order valence-electron chi connectivity index (χ0n) is 10.6. The maximum absolute atomic E-state index is 11.7. The molecule has 1 aromatic rings. The molecule has 0 amide bonds. The van der Waals surface area contributed by atoms with E-state index >= 15 is 0 Å². The van der Waals surface area contributed by atoms with Gasteiger partial charge in [0.05, 0.1) is 5.92 Å². The molecule has 0 aromatic heterocycles. The Morgan fingerprint density at radius 1 is 1.26 bits per heavy atom. The normalized spacial score (nSPS) is 11.4. The highest BCUT2D eigenvalue weighted by Gasteiger charge is 2.24. The molecule has 0 aliphatic heterocycles. The molecule has 0 unspecified atom stereocenters. The molecule has 0 aliphatic rings. The van der Waals surface area contributed by atoms with Crippen molar-refractivity contribution in [2.45, 2.75) is 23.6 Å². The van der Waals surface area contributed by atoms with Crippen molar-refractivity contribution in [3.8, 4) is 5.75 Å². The Balaban J connectivity index is 3.49. The molecule has 8 heteroatoms. The van der Waals surface area contributed by atoms with Gasteiger partial charge in [-0.3, -0.25) is 4.79 Å². The van der Waals surface area contributed by atoms with E-state index in [1.807, 2.05) is 0 Å². The lowest BCUT2D eigenvalue weighted by atomic mass is 10.2. The lowest BCUT2D eigenvalue weighted by Crippen LogP contribution is -2.17. The van der Waals surface area contributed by atoms with Gasteiger partial charge in [0.2, 0.25) is 10.7 Å². The van der Waals surface area contributed by atoms with Crippen LogP contribution in [-0.4, -0.2) is 29.1 Å². The number of ether oxygens (including phenoxy) is 1. The van der Waals surface area contributed by atoms with Crippen LogP contribution in [0, 0.1) is 5.92 Å². The number of sulfone groups is 1. The van der Waals surface area contributed by atoms with Gasteiger partial charge >= 0.3 is 5.97 Å². The van der Waals surface area contributed by atoms with E-state index in [0.29, 0.717) is 0 Å². The number of carbonyl (C=O) groups is 1. The van der Waals surface area contributed by atoms with Crippen molar-refractivity contribution in [2.24, 2.45) is 5.92 Å². The van der Waals surface area contributed by atoms with Gasteiger partial charge in [-0.05, 0) is 12.1 Å². The standard InChI is InChI=1S/C11H13O6S2/c1-7(2)11(12)17-8-5-4-6-9(18(13)14)10(8)19(3,15)16/h4-7H,1-3H3. The average molecular weight is 305 g/mol. The minimum Gasteiger partial charge on any atom is -0.425 e. The quantitative estimate of drug-likeness (QED) is 0.605. The molecule has 105 valence electrons. The lowest BCUT2D eigenvalue weighted by molar-refractivity contribution is -0.137. The molecule has 0 saturated heterocycles. The Morgan fingerprint density at radius 2 is 1.84 bits per heavy atom. The summed E-state index contributed by atoms with van der Waals surface area (Å²) in [6.07, 6.45) is 0.853. The summed E-state index contributed by atoms with van der Waals surface area (Å²) in [5.41, 5.74) is 0. The second-order valence-corrected chi connectivity index (χ2v) is 7.03. The Hall–Kier alpha value is -1.54. The molecule has 0 spiro atoms. The Labute approximate surface area is 113 Å². The van der Waals surface area contributed by atoms with Gasteiger partial charge < -0.3 is 4.74 Å². The predicted molar refractivity (Wildman–Crippen MR) is 67.2 cm³/mol. The first kappa shape index (κ1) is 15.5. The summed E-state index contributed by atoms with van der Waals surface area (Å²) in [6.45, 7) is 3.16. The van der Waals surface area contributed by atoms with Crippen LogP contribution in [0.5, 0.6) is 5.75 Å². The fourth-order valence-corrected chi connectivity index (χ4v) is 3.31. The number of hydrogen-bond acceptors (Lipinski definition) is 6. The largest absolute Gasteiger partial charge is 0.425 e. The van der Waals surface area contributed by atoms with Crippen molar-refractivity contribution in [1.29, 1.82) is 0 Å². The summed E-state index contributed by atoms with van der Waals surface area (Å²) in [7, 11) is -6.59. The number of rotatable bonds is 4. The summed E-state index contributed by atoms with van der Waals surface area (Å²) >= 11 is 0. The summed E-state index contributed by atoms with van der Waals surface area (Å²) in [6, 6.07) is 3.68. The molecular formula is C11H13O6S2. The summed E-state index contributed by atoms with van der Waals surface area (Å²) in [5, 5.41) is 0. The van der Waals surface area contributed by atoms with E-state index in [2.05, 4.69) is 0 Å². The predicted octanol–water partition coefficient (Wildman–Crippen LogP) is 0.889. The fourth-order valence-electron chi connectivity index (χ4n) is 1.30. The van der Waals surface area contributed by atoms with Crippen LogP contribution < -0.4 is 4.74 Å². The van der Waals surface area contributed by atoms with Crippen molar-refractivity contribution < 1.29 is 26.4 Å². The highest BCUT2D eigenvalue weighted by atomic mass is 32.2. The molecule has 0 saturated carbocycles. The fraction of sp³-hybridized carbons (Fsp3) is 0.364. The van der Waals surface area contributed by atoms with E-state index in [4.69, 9.17) is 4.74 Å². The highest BCUT2D eigenvalue weighted by molar-refractivity contribution is 7.91.